The van der Waals surface area contributed by atoms with Crippen LogP contribution in [-0.4, -0.2) is 16.5 Å². The van der Waals surface area contributed by atoms with Gasteiger partial charge < -0.3 is 0 Å². The van der Waals surface area contributed by atoms with Gasteiger partial charge >= 0.3 is 0 Å². The minimum absolute atomic E-state index is 0.209. The lowest BCUT2D eigenvalue weighted by atomic mass is 10.8. The van der Waals surface area contributed by atoms with Crippen LogP contribution >= 0.6 is 46.3 Å². The highest BCUT2D eigenvalue weighted by molar-refractivity contribution is 8.13. The van der Waals surface area contributed by atoms with Crippen molar-refractivity contribution in [2.45, 2.75) is 0 Å². The largest absolute Gasteiger partial charge is 0.299 e. The minimum atomic E-state index is -0.209. The SMILES string of the molecule is CSC(=O)Nc1nc(Cl)sc1Cl. The highest BCUT2D eigenvalue weighted by Gasteiger charge is 2.09. The van der Waals surface area contributed by atoms with Crippen LogP contribution in [0.4, 0.5) is 10.6 Å². The Labute approximate surface area is 87.5 Å². The number of halogens is 2. The summed E-state index contributed by atoms with van der Waals surface area (Å²) in [4.78, 5) is 14.7. The summed E-state index contributed by atoms with van der Waals surface area (Å²) < 4.78 is 0.707. The van der Waals surface area contributed by atoms with Gasteiger partial charge in [-0.1, -0.05) is 46.3 Å². The molecule has 0 saturated carbocycles. The summed E-state index contributed by atoms with van der Waals surface area (Å²) in [6.07, 6.45) is 1.66. The lowest BCUT2D eigenvalue weighted by Crippen LogP contribution is -2.04. The molecule has 1 heterocycles. The zero-order valence-electron chi connectivity index (χ0n) is 5.93. The predicted molar refractivity (Wildman–Crippen MR) is 54.7 cm³/mol. The summed E-state index contributed by atoms with van der Waals surface area (Å²) in [6.45, 7) is 0. The molecule has 0 atom stereocenters. The molecule has 12 heavy (non-hydrogen) atoms. The van der Waals surface area contributed by atoms with Crippen LogP contribution in [0.5, 0.6) is 0 Å². The monoisotopic (exact) mass is 242 g/mol. The van der Waals surface area contributed by atoms with Crippen molar-refractivity contribution in [3.8, 4) is 0 Å². The molecule has 0 aliphatic heterocycles. The Morgan fingerprint density at radius 3 is 2.75 bits per heavy atom. The topological polar surface area (TPSA) is 42.0 Å². The van der Waals surface area contributed by atoms with Gasteiger partial charge in [0, 0.05) is 0 Å². The quantitative estimate of drug-likeness (QED) is 0.822. The Hall–Kier alpha value is 0.0300. The number of amides is 1. The summed E-state index contributed by atoms with van der Waals surface area (Å²) in [7, 11) is 0. The van der Waals surface area contributed by atoms with Crippen molar-refractivity contribution >= 4 is 57.4 Å². The van der Waals surface area contributed by atoms with Gasteiger partial charge in [0.25, 0.3) is 5.24 Å². The average Bonchev–Trinajstić information content (AvgIpc) is 2.30. The van der Waals surface area contributed by atoms with Gasteiger partial charge in [0.05, 0.1) is 0 Å². The molecule has 1 amide bonds. The van der Waals surface area contributed by atoms with E-state index in [4.69, 9.17) is 23.2 Å². The number of carbonyl (C=O) groups excluding carboxylic acids is 1. The number of nitrogens with one attached hydrogen (secondary N) is 1. The molecule has 0 saturated heterocycles. The van der Waals surface area contributed by atoms with E-state index in [9.17, 15) is 4.79 Å². The normalized spacial score (nSPS) is 9.92. The molecule has 0 radical (unpaired) electrons. The van der Waals surface area contributed by atoms with Crippen molar-refractivity contribution in [3.05, 3.63) is 8.80 Å². The van der Waals surface area contributed by atoms with Crippen LogP contribution in [0.3, 0.4) is 0 Å². The standard InChI is InChI=1S/C5H4Cl2N2OS2/c1-11-5(10)9-3-2(6)12-4(7)8-3/h1H3,(H,9,10). The van der Waals surface area contributed by atoms with Gasteiger partial charge in [0.2, 0.25) is 0 Å². The second-order valence-electron chi connectivity index (χ2n) is 1.71. The molecule has 0 fully saturated rings. The smallest absolute Gasteiger partial charge is 0.284 e. The minimum Gasteiger partial charge on any atom is -0.299 e. The number of aromatic nitrogens is 1. The zero-order valence-corrected chi connectivity index (χ0v) is 9.07. The van der Waals surface area contributed by atoms with Gasteiger partial charge in [-0.05, 0) is 6.26 Å². The molecule has 1 rings (SSSR count). The summed E-state index contributed by atoms with van der Waals surface area (Å²) >= 11 is 13.4. The second kappa shape index (κ2) is 4.32. The molecule has 0 aromatic carbocycles. The average molecular weight is 243 g/mol. The van der Waals surface area contributed by atoms with E-state index in [1.54, 1.807) is 6.26 Å². The molecule has 66 valence electrons. The van der Waals surface area contributed by atoms with Crippen molar-refractivity contribution in [1.82, 2.24) is 4.98 Å². The molecule has 0 bridgehead atoms. The maximum Gasteiger partial charge on any atom is 0.284 e. The molecule has 0 unspecified atom stereocenters. The maximum atomic E-state index is 10.9. The Balaban J connectivity index is 2.75. The van der Waals surface area contributed by atoms with E-state index in [1.807, 2.05) is 0 Å². The van der Waals surface area contributed by atoms with Crippen LogP contribution < -0.4 is 5.32 Å². The molecule has 1 aromatic heterocycles. The third-order valence-corrected chi connectivity index (χ3v) is 2.80. The Kier molecular flexibility index (Phi) is 3.64. The molecular formula is C5H4Cl2N2OS2. The number of anilines is 1. The molecule has 1 aromatic rings. The van der Waals surface area contributed by atoms with Gasteiger partial charge in [-0.25, -0.2) is 4.98 Å². The van der Waals surface area contributed by atoms with Crippen molar-refractivity contribution in [2.75, 3.05) is 11.6 Å². The molecule has 0 aliphatic carbocycles. The van der Waals surface area contributed by atoms with Crippen LogP contribution in [0.25, 0.3) is 0 Å². The van der Waals surface area contributed by atoms with E-state index >= 15 is 0 Å². The first-order chi connectivity index (χ1) is 5.63. The van der Waals surface area contributed by atoms with E-state index < -0.39 is 0 Å². The first kappa shape index (κ1) is 10.1. The number of thioether (sulfide) groups is 1. The third kappa shape index (κ3) is 2.52. The lowest BCUT2D eigenvalue weighted by Gasteiger charge is -1.96. The summed E-state index contributed by atoms with van der Waals surface area (Å²) in [5, 5.41) is 2.28. The van der Waals surface area contributed by atoms with Gasteiger partial charge in [0.1, 0.15) is 4.34 Å². The fourth-order valence-electron chi connectivity index (χ4n) is 0.502. The number of thiazole rings is 1. The maximum absolute atomic E-state index is 10.9. The Morgan fingerprint density at radius 1 is 1.67 bits per heavy atom. The van der Waals surface area contributed by atoms with Crippen LogP contribution in [0.15, 0.2) is 0 Å². The number of hydrogen-bond acceptors (Lipinski definition) is 4. The van der Waals surface area contributed by atoms with Crippen LogP contribution in [0.2, 0.25) is 8.80 Å². The van der Waals surface area contributed by atoms with Crippen LogP contribution in [0.1, 0.15) is 0 Å². The molecule has 0 spiro atoms. The fraction of sp³-hybridized carbons (Fsp3) is 0.200. The molecule has 0 aliphatic rings. The number of rotatable bonds is 1. The van der Waals surface area contributed by atoms with E-state index in [-0.39, 0.29) is 5.24 Å². The van der Waals surface area contributed by atoms with E-state index in [0.717, 1.165) is 23.1 Å². The van der Waals surface area contributed by atoms with Crippen LogP contribution in [0, 0.1) is 0 Å². The van der Waals surface area contributed by atoms with E-state index in [2.05, 4.69) is 10.3 Å². The van der Waals surface area contributed by atoms with Gasteiger partial charge in [-0.15, -0.1) is 0 Å². The van der Waals surface area contributed by atoms with E-state index in [0.29, 0.717) is 14.6 Å². The van der Waals surface area contributed by atoms with Gasteiger partial charge in [-0.3, -0.25) is 10.1 Å². The van der Waals surface area contributed by atoms with Crippen molar-refractivity contribution in [3.63, 3.8) is 0 Å². The third-order valence-electron chi connectivity index (χ3n) is 0.966. The first-order valence-electron chi connectivity index (χ1n) is 2.80. The Bertz CT molecular complexity index is 302. The summed E-state index contributed by atoms with van der Waals surface area (Å²) in [5.41, 5.74) is 0. The van der Waals surface area contributed by atoms with Gasteiger partial charge in [-0.2, -0.15) is 0 Å². The predicted octanol–water partition coefficient (Wildman–Crippen LogP) is 3.34. The zero-order chi connectivity index (χ0) is 9.14. The number of nitrogens with zero attached hydrogens (tertiary/aromatic N) is 1. The van der Waals surface area contributed by atoms with Crippen molar-refractivity contribution in [1.29, 1.82) is 0 Å². The number of carbonyl (C=O) groups is 1. The first-order valence-corrected chi connectivity index (χ1v) is 5.60. The van der Waals surface area contributed by atoms with Gasteiger partial charge in [0.15, 0.2) is 10.3 Å². The van der Waals surface area contributed by atoms with Crippen molar-refractivity contribution in [2.24, 2.45) is 0 Å². The van der Waals surface area contributed by atoms with E-state index in [1.165, 1.54) is 0 Å². The van der Waals surface area contributed by atoms with Crippen molar-refractivity contribution < 1.29 is 4.79 Å². The Morgan fingerprint density at radius 2 is 2.33 bits per heavy atom. The molecular weight excluding hydrogens is 239 g/mol. The fourth-order valence-corrected chi connectivity index (χ4v) is 1.92. The van der Waals surface area contributed by atoms with Crippen LogP contribution in [-0.2, 0) is 0 Å². The molecule has 1 N–H and O–H groups in total. The summed E-state index contributed by atoms with van der Waals surface area (Å²) in [5.74, 6) is 0.325. The highest BCUT2D eigenvalue weighted by Crippen LogP contribution is 2.31. The molecule has 3 nitrogen and oxygen atoms in total. The highest BCUT2D eigenvalue weighted by atomic mass is 35.5. The lowest BCUT2D eigenvalue weighted by molar-refractivity contribution is 0.270. The molecule has 7 heteroatoms. The number of hydrogen-bond donors (Lipinski definition) is 1. The second-order valence-corrected chi connectivity index (χ2v) is 4.67. The summed E-state index contributed by atoms with van der Waals surface area (Å²) in [6, 6.07) is 0.